The van der Waals surface area contributed by atoms with Gasteiger partial charge in [-0.3, -0.25) is 9.69 Å². The van der Waals surface area contributed by atoms with Crippen molar-refractivity contribution in [1.82, 2.24) is 24.8 Å². The summed E-state index contributed by atoms with van der Waals surface area (Å²) in [6.07, 6.45) is 6.35. The summed E-state index contributed by atoms with van der Waals surface area (Å²) in [6.45, 7) is 3.12. The Hall–Kier alpha value is -3.85. The molecule has 4 aliphatic carbocycles. The molecule has 2 aromatic heterocycles. The molecule has 56 heavy (non-hydrogen) atoms. The highest BCUT2D eigenvalue weighted by Crippen LogP contribution is 2.51. The molecule has 2 saturated heterocycles. The van der Waals surface area contributed by atoms with Gasteiger partial charge >= 0.3 is 12.1 Å². The molecule has 9 rings (SSSR count). The number of benzene rings is 1. The molecule has 15 heteroatoms. The van der Waals surface area contributed by atoms with Crippen LogP contribution in [0, 0.1) is 23.2 Å². The standard InChI is InChI=1S/C41H48F5N5O5/c1-23-12-24-14-25(13-23)40(16-24,37(53)54)49-36(52)31-17-47-35(48-34(31)41(44,45)46)32-18-51(27-8-10-38(11-9-27)21-55-22-38)33-15-29(6-7-30(32)33)56-28-4-2-26(3-5-28)50-19-39(42,43)20-50/h6-7,15,17-18,23-28H,2-5,8-14,16,19-22H2,1H3,(H,49,52)(H,53,54)/t23?,24?,25?,26-,28-,40?. The van der Waals surface area contributed by atoms with Crippen molar-refractivity contribution < 1.29 is 46.1 Å². The van der Waals surface area contributed by atoms with Gasteiger partial charge in [0.05, 0.1) is 43.5 Å². The number of nitrogens with one attached hydrogen (secondary N) is 1. The van der Waals surface area contributed by atoms with Crippen molar-refractivity contribution in [3.05, 3.63) is 41.9 Å². The van der Waals surface area contributed by atoms with Gasteiger partial charge in [0.25, 0.3) is 11.8 Å². The van der Waals surface area contributed by atoms with E-state index in [0.717, 1.165) is 82.7 Å². The fourth-order valence-corrected chi connectivity index (χ4v) is 11.1. The first-order valence-corrected chi connectivity index (χ1v) is 20.1. The Morgan fingerprint density at radius 3 is 2.38 bits per heavy atom. The molecule has 302 valence electrons. The minimum atomic E-state index is -5.03. The lowest BCUT2D eigenvalue weighted by molar-refractivity contribution is -0.151. The molecule has 2 aliphatic heterocycles. The Balaban J connectivity index is 1.01. The summed E-state index contributed by atoms with van der Waals surface area (Å²) in [5.74, 6) is -4.62. The summed E-state index contributed by atoms with van der Waals surface area (Å²) in [4.78, 5) is 36.6. The number of carbonyl (C=O) groups excluding carboxylic acids is 1. The lowest BCUT2D eigenvalue weighted by Gasteiger charge is -2.46. The van der Waals surface area contributed by atoms with Crippen LogP contribution in [-0.2, 0) is 15.7 Å². The molecule has 4 atom stereocenters. The van der Waals surface area contributed by atoms with Gasteiger partial charge in [-0.2, -0.15) is 13.2 Å². The highest BCUT2D eigenvalue weighted by Gasteiger charge is 2.57. The second-order valence-corrected chi connectivity index (χ2v) is 17.9. The number of hydrogen-bond donors (Lipinski definition) is 2. The molecule has 2 N–H and O–H groups in total. The minimum Gasteiger partial charge on any atom is -0.490 e. The van der Waals surface area contributed by atoms with E-state index >= 15 is 0 Å². The Morgan fingerprint density at radius 1 is 1.00 bits per heavy atom. The molecular formula is C41H48F5N5O5. The number of fused-ring (bicyclic) bond motifs is 3. The van der Waals surface area contributed by atoms with Gasteiger partial charge in [-0.05, 0) is 107 Å². The topological polar surface area (TPSA) is 119 Å². The molecule has 6 fully saturated rings. The third-order valence-corrected chi connectivity index (χ3v) is 14.0. The molecule has 10 nitrogen and oxygen atoms in total. The fraction of sp³-hybridized carbons (Fsp3) is 0.659. The number of alkyl halides is 5. The zero-order chi connectivity index (χ0) is 39.2. The van der Waals surface area contributed by atoms with Crippen LogP contribution >= 0.6 is 0 Å². The number of rotatable bonds is 8. The van der Waals surface area contributed by atoms with Gasteiger partial charge in [0.2, 0.25) is 0 Å². The maximum absolute atomic E-state index is 14.8. The van der Waals surface area contributed by atoms with E-state index in [2.05, 4.69) is 19.9 Å². The van der Waals surface area contributed by atoms with Gasteiger partial charge in [0.15, 0.2) is 11.5 Å². The number of carbonyl (C=O) groups is 2. The second-order valence-electron chi connectivity index (χ2n) is 17.9. The summed E-state index contributed by atoms with van der Waals surface area (Å²) in [5, 5.41) is 13.5. The highest BCUT2D eigenvalue weighted by molar-refractivity contribution is 6.00. The van der Waals surface area contributed by atoms with E-state index in [4.69, 9.17) is 9.47 Å². The molecule has 1 aromatic carbocycles. The lowest BCUT2D eigenvalue weighted by Crippen LogP contribution is -2.60. The largest absolute Gasteiger partial charge is 0.490 e. The van der Waals surface area contributed by atoms with E-state index in [9.17, 15) is 36.6 Å². The lowest BCUT2D eigenvalue weighted by atomic mass is 9.71. The van der Waals surface area contributed by atoms with Crippen molar-refractivity contribution in [1.29, 1.82) is 0 Å². The molecule has 0 radical (unpaired) electrons. The molecule has 4 saturated carbocycles. The number of nitrogens with zero attached hydrogens (tertiary/aromatic N) is 4. The maximum Gasteiger partial charge on any atom is 0.434 e. The third-order valence-electron chi connectivity index (χ3n) is 14.0. The van der Waals surface area contributed by atoms with Gasteiger partial charge in [-0.1, -0.05) is 6.92 Å². The smallest absolute Gasteiger partial charge is 0.434 e. The molecule has 6 aliphatic rings. The first-order valence-electron chi connectivity index (χ1n) is 20.1. The number of aromatic nitrogens is 3. The summed E-state index contributed by atoms with van der Waals surface area (Å²) in [6, 6.07) is 5.69. The average molecular weight is 786 g/mol. The van der Waals surface area contributed by atoms with Gasteiger partial charge < -0.3 is 24.5 Å². The van der Waals surface area contributed by atoms with Crippen LogP contribution in [0.5, 0.6) is 5.75 Å². The summed E-state index contributed by atoms with van der Waals surface area (Å²) in [5.41, 5.74) is -2.56. The molecule has 4 unspecified atom stereocenters. The predicted octanol–water partition coefficient (Wildman–Crippen LogP) is 7.90. The highest BCUT2D eigenvalue weighted by atomic mass is 19.4. The van der Waals surface area contributed by atoms with Crippen LogP contribution in [0.2, 0.25) is 0 Å². The Bertz CT molecular complexity index is 2010. The molecule has 1 amide bonds. The van der Waals surface area contributed by atoms with Crippen LogP contribution in [-0.4, -0.2) is 86.3 Å². The average Bonchev–Trinajstić information content (AvgIpc) is 3.63. The molecule has 3 aromatic rings. The summed E-state index contributed by atoms with van der Waals surface area (Å²) in [7, 11) is 0. The summed E-state index contributed by atoms with van der Waals surface area (Å²) < 4.78 is 85.5. The van der Waals surface area contributed by atoms with Crippen LogP contribution in [0.1, 0.15) is 106 Å². The fourth-order valence-electron chi connectivity index (χ4n) is 11.1. The Kier molecular flexibility index (Phi) is 9.18. The number of hydrogen-bond acceptors (Lipinski definition) is 7. The maximum atomic E-state index is 14.8. The van der Waals surface area contributed by atoms with E-state index < -0.39 is 40.8 Å². The first kappa shape index (κ1) is 37.7. The van der Waals surface area contributed by atoms with Crippen molar-refractivity contribution in [2.24, 2.45) is 23.2 Å². The van der Waals surface area contributed by atoms with Gasteiger partial charge in [-0.25, -0.2) is 23.5 Å². The van der Waals surface area contributed by atoms with Crippen molar-refractivity contribution >= 4 is 22.8 Å². The van der Waals surface area contributed by atoms with Crippen molar-refractivity contribution in [2.45, 2.75) is 120 Å². The minimum absolute atomic E-state index is 0.0608. The van der Waals surface area contributed by atoms with Gasteiger partial charge in [-0.15, -0.1) is 0 Å². The van der Waals surface area contributed by atoms with Crippen molar-refractivity contribution in [2.75, 3.05) is 26.3 Å². The number of aliphatic carboxylic acids is 1. The van der Waals surface area contributed by atoms with Crippen molar-refractivity contribution in [3.63, 3.8) is 0 Å². The molecule has 4 heterocycles. The van der Waals surface area contributed by atoms with Crippen LogP contribution in [0.15, 0.2) is 30.6 Å². The van der Waals surface area contributed by atoms with E-state index in [0.29, 0.717) is 29.5 Å². The first-order chi connectivity index (χ1) is 26.6. The normalized spacial score (nSPS) is 31.5. The zero-order valence-electron chi connectivity index (χ0n) is 31.4. The third kappa shape index (κ3) is 6.73. The van der Waals surface area contributed by atoms with E-state index in [1.165, 1.54) is 0 Å². The van der Waals surface area contributed by atoms with Gasteiger partial charge in [0.1, 0.15) is 11.3 Å². The molecule has 2 bridgehead atoms. The molecule has 1 spiro atoms. The number of carboxylic acid groups (broad SMARTS) is 1. The second kappa shape index (κ2) is 13.6. The van der Waals surface area contributed by atoms with Crippen molar-refractivity contribution in [3.8, 4) is 17.1 Å². The number of ether oxygens (including phenoxy) is 2. The van der Waals surface area contributed by atoms with Crippen LogP contribution in [0.3, 0.4) is 0 Å². The van der Waals surface area contributed by atoms with Crippen LogP contribution in [0.25, 0.3) is 22.3 Å². The number of halogens is 5. The summed E-state index contributed by atoms with van der Waals surface area (Å²) >= 11 is 0. The van der Waals surface area contributed by atoms with E-state index in [-0.39, 0.29) is 66.7 Å². The SMILES string of the molecule is CC1CC2CC(C1)C(NC(=O)c1cnc(-c3cn(C4CCC5(CC4)COC5)c4cc(O[C@H]5CC[C@H](N6CC(F)(F)C6)CC5)ccc34)nc1C(F)(F)F)(C(=O)O)C2. The Labute approximate surface area is 321 Å². The number of carboxylic acids is 1. The number of likely N-dealkylation sites (tertiary alicyclic amines) is 1. The number of amides is 1. The van der Waals surface area contributed by atoms with Crippen LogP contribution in [0.4, 0.5) is 22.0 Å². The van der Waals surface area contributed by atoms with Gasteiger partial charge in [0, 0.05) is 46.9 Å². The zero-order valence-corrected chi connectivity index (χ0v) is 31.4. The van der Waals surface area contributed by atoms with Crippen LogP contribution < -0.4 is 10.1 Å². The quantitative estimate of drug-likeness (QED) is 0.222. The van der Waals surface area contributed by atoms with E-state index in [1.807, 2.05) is 17.9 Å². The Morgan fingerprint density at radius 2 is 1.73 bits per heavy atom. The van der Waals surface area contributed by atoms with E-state index in [1.54, 1.807) is 18.3 Å². The molecular weight excluding hydrogens is 737 g/mol. The predicted molar refractivity (Wildman–Crippen MR) is 194 cm³/mol. The monoisotopic (exact) mass is 785 g/mol.